The van der Waals surface area contributed by atoms with Crippen molar-refractivity contribution in [2.45, 2.75) is 13.5 Å². The van der Waals surface area contributed by atoms with Gasteiger partial charge in [-0.05, 0) is 30.2 Å². The van der Waals surface area contributed by atoms with E-state index in [1.165, 1.54) is 4.90 Å². The number of aryl methyl sites for hydroxylation is 1. The largest absolute Gasteiger partial charge is 0.326 e. The minimum Gasteiger partial charge on any atom is -0.326 e. The van der Waals surface area contributed by atoms with Crippen molar-refractivity contribution in [3.05, 3.63) is 29.6 Å². The molecule has 13 heavy (non-hydrogen) atoms. The van der Waals surface area contributed by atoms with Gasteiger partial charge >= 0.3 is 5.37 Å². The standard InChI is InChI=1S/C9H11ClN2O/c1-7-4-3-5-11-8(7)6-12(2)9(10)13/h3-5H,6H2,1-2H3. The highest BCUT2D eigenvalue weighted by atomic mass is 35.5. The van der Waals surface area contributed by atoms with Gasteiger partial charge in [0.05, 0.1) is 12.2 Å². The highest BCUT2D eigenvalue weighted by molar-refractivity contribution is 6.62. The van der Waals surface area contributed by atoms with Crippen molar-refractivity contribution in [1.29, 1.82) is 0 Å². The maximum atomic E-state index is 10.7. The fraction of sp³-hybridized carbons (Fsp3) is 0.333. The molecule has 0 aromatic carbocycles. The number of hydrogen-bond acceptors (Lipinski definition) is 2. The van der Waals surface area contributed by atoms with Crippen LogP contribution in [0.4, 0.5) is 4.79 Å². The Morgan fingerprint density at radius 1 is 1.69 bits per heavy atom. The molecule has 0 atom stereocenters. The molecule has 0 aliphatic heterocycles. The van der Waals surface area contributed by atoms with Crippen molar-refractivity contribution in [3.63, 3.8) is 0 Å². The fourth-order valence-electron chi connectivity index (χ4n) is 0.971. The second-order valence-corrected chi connectivity index (χ2v) is 3.20. The minimum atomic E-state index is -0.468. The molecule has 70 valence electrons. The molecule has 1 aromatic rings. The van der Waals surface area contributed by atoms with Gasteiger partial charge in [-0.1, -0.05) is 6.07 Å². The van der Waals surface area contributed by atoms with Crippen LogP contribution in [-0.4, -0.2) is 22.3 Å². The highest BCUT2D eigenvalue weighted by Gasteiger charge is 2.07. The van der Waals surface area contributed by atoms with Gasteiger partial charge in [0.2, 0.25) is 0 Å². The van der Waals surface area contributed by atoms with Gasteiger partial charge < -0.3 is 4.90 Å². The molecule has 0 aliphatic rings. The molecule has 1 rings (SSSR count). The molecule has 0 N–H and O–H groups in total. The van der Waals surface area contributed by atoms with Gasteiger partial charge in [-0.15, -0.1) is 0 Å². The van der Waals surface area contributed by atoms with Crippen molar-refractivity contribution >= 4 is 17.0 Å². The molecule has 1 amide bonds. The highest BCUT2D eigenvalue weighted by Crippen LogP contribution is 2.07. The first-order valence-corrected chi connectivity index (χ1v) is 4.30. The van der Waals surface area contributed by atoms with Gasteiger partial charge in [0, 0.05) is 13.2 Å². The van der Waals surface area contributed by atoms with Crippen LogP contribution in [0.1, 0.15) is 11.3 Å². The van der Waals surface area contributed by atoms with E-state index in [0.29, 0.717) is 6.54 Å². The van der Waals surface area contributed by atoms with Crippen LogP contribution in [0, 0.1) is 6.92 Å². The third-order valence-corrected chi connectivity index (χ3v) is 2.09. The summed E-state index contributed by atoms with van der Waals surface area (Å²) in [6, 6.07) is 3.82. The molecule has 0 saturated heterocycles. The zero-order valence-electron chi connectivity index (χ0n) is 7.62. The molecule has 1 heterocycles. The predicted molar refractivity (Wildman–Crippen MR) is 51.7 cm³/mol. The van der Waals surface area contributed by atoms with Crippen molar-refractivity contribution in [1.82, 2.24) is 9.88 Å². The second-order valence-electron chi connectivity index (χ2n) is 2.88. The zero-order chi connectivity index (χ0) is 9.84. The molecule has 4 heteroatoms. The average Bonchev–Trinajstić information content (AvgIpc) is 2.08. The number of amides is 1. The van der Waals surface area contributed by atoms with E-state index in [1.54, 1.807) is 13.2 Å². The van der Waals surface area contributed by atoms with Crippen LogP contribution in [0.2, 0.25) is 0 Å². The Balaban J connectivity index is 2.74. The number of hydrogen-bond donors (Lipinski definition) is 0. The van der Waals surface area contributed by atoms with Gasteiger partial charge in [-0.25, -0.2) is 0 Å². The Kier molecular flexibility index (Phi) is 3.25. The lowest BCUT2D eigenvalue weighted by molar-refractivity contribution is 0.230. The Bertz CT molecular complexity index is 314. The number of nitrogens with zero attached hydrogens (tertiary/aromatic N) is 2. The number of rotatable bonds is 2. The lowest BCUT2D eigenvalue weighted by Crippen LogP contribution is -2.21. The van der Waals surface area contributed by atoms with Gasteiger partial charge in [-0.2, -0.15) is 0 Å². The maximum Gasteiger partial charge on any atom is 0.316 e. The summed E-state index contributed by atoms with van der Waals surface area (Å²) in [5.41, 5.74) is 1.94. The summed E-state index contributed by atoms with van der Waals surface area (Å²) in [6.07, 6.45) is 1.70. The number of aromatic nitrogens is 1. The average molecular weight is 199 g/mol. The number of halogens is 1. The predicted octanol–water partition coefficient (Wildman–Crippen LogP) is 2.18. The summed E-state index contributed by atoms with van der Waals surface area (Å²) in [5.74, 6) is 0. The summed E-state index contributed by atoms with van der Waals surface area (Å²) in [6.45, 7) is 2.41. The smallest absolute Gasteiger partial charge is 0.316 e. The summed E-state index contributed by atoms with van der Waals surface area (Å²) >= 11 is 5.29. The molecule has 0 spiro atoms. The van der Waals surface area contributed by atoms with Crippen molar-refractivity contribution < 1.29 is 4.79 Å². The Morgan fingerprint density at radius 2 is 2.38 bits per heavy atom. The van der Waals surface area contributed by atoms with Gasteiger partial charge in [0.1, 0.15) is 0 Å². The molecule has 1 aromatic heterocycles. The first-order chi connectivity index (χ1) is 6.11. The molecule has 0 unspecified atom stereocenters. The van der Waals surface area contributed by atoms with E-state index in [2.05, 4.69) is 4.98 Å². The van der Waals surface area contributed by atoms with Crippen LogP contribution in [0.25, 0.3) is 0 Å². The van der Waals surface area contributed by atoms with Gasteiger partial charge in [0.15, 0.2) is 0 Å². The van der Waals surface area contributed by atoms with Crippen molar-refractivity contribution in [2.24, 2.45) is 0 Å². The minimum absolute atomic E-state index is 0.453. The van der Waals surface area contributed by atoms with Gasteiger partial charge in [-0.3, -0.25) is 9.78 Å². The SMILES string of the molecule is Cc1cccnc1CN(C)C(=O)Cl. The van der Waals surface area contributed by atoms with Crippen molar-refractivity contribution in [3.8, 4) is 0 Å². The monoisotopic (exact) mass is 198 g/mol. The summed E-state index contributed by atoms with van der Waals surface area (Å²) in [4.78, 5) is 16.3. The number of carbonyl (C=O) groups is 1. The fourth-order valence-corrected chi connectivity index (χ4v) is 1.03. The molecule has 0 saturated carbocycles. The Hall–Kier alpha value is -1.09. The lowest BCUT2D eigenvalue weighted by atomic mass is 10.2. The first kappa shape index (κ1) is 9.99. The third kappa shape index (κ3) is 2.70. The maximum absolute atomic E-state index is 10.7. The Labute approximate surface area is 82.3 Å². The molecule has 0 aliphatic carbocycles. The molecule has 0 bridgehead atoms. The van der Waals surface area contributed by atoms with E-state index in [4.69, 9.17) is 11.6 Å². The van der Waals surface area contributed by atoms with E-state index in [9.17, 15) is 4.79 Å². The first-order valence-electron chi connectivity index (χ1n) is 3.92. The van der Waals surface area contributed by atoms with E-state index in [0.717, 1.165) is 11.3 Å². The van der Waals surface area contributed by atoms with Crippen LogP contribution < -0.4 is 0 Å². The molecule has 0 radical (unpaired) electrons. The van der Waals surface area contributed by atoms with Crippen molar-refractivity contribution in [2.75, 3.05) is 7.05 Å². The quantitative estimate of drug-likeness (QED) is 0.539. The molecular weight excluding hydrogens is 188 g/mol. The second kappa shape index (κ2) is 4.23. The summed E-state index contributed by atoms with van der Waals surface area (Å²) in [5, 5.41) is -0.468. The normalized spacial score (nSPS) is 9.77. The van der Waals surface area contributed by atoms with E-state index in [-0.39, 0.29) is 0 Å². The summed E-state index contributed by atoms with van der Waals surface area (Å²) in [7, 11) is 1.64. The third-order valence-electron chi connectivity index (χ3n) is 1.80. The number of pyridine rings is 1. The zero-order valence-corrected chi connectivity index (χ0v) is 8.38. The Morgan fingerprint density at radius 3 is 2.92 bits per heavy atom. The van der Waals surface area contributed by atoms with Crippen LogP contribution in [0.15, 0.2) is 18.3 Å². The van der Waals surface area contributed by atoms with Crippen LogP contribution in [0.5, 0.6) is 0 Å². The summed E-state index contributed by atoms with van der Waals surface area (Å²) < 4.78 is 0. The lowest BCUT2D eigenvalue weighted by Gasteiger charge is -2.13. The van der Waals surface area contributed by atoms with Crippen LogP contribution >= 0.6 is 11.6 Å². The molecular formula is C9H11ClN2O. The van der Waals surface area contributed by atoms with Crippen LogP contribution in [-0.2, 0) is 6.54 Å². The van der Waals surface area contributed by atoms with E-state index in [1.807, 2.05) is 19.1 Å². The van der Waals surface area contributed by atoms with E-state index < -0.39 is 5.37 Å². The molecule has 0 fully saturated rings. The van der Waals surface area contributed by atoms with Gasteiger partial charge in [0.25, 0.3) is 0 Å². The number of carbonyl (C=O) groups excluding carboxylic acids is 1. The van der Waals surface area contributed by atoms with Crippen LogP contribution in [0.3, 0.4) is 0 Å². The van der Waals surface area contributed by atoms with E-state index >= 15 is 0 Å². The topological polar surface area (TPSA) is 33.2 Å². The molecule has 3 nitrogen and oxygen atoms in total.